The van der Waals surface area contributed by atoms with E-state index in [2.05, 4.69) is 46.1 Å². The zero-order chi connectivity index (χ0) is 19.5. The summed E-state index contributed by atoms with van der Waals surface area (Å²) in [7, 11) is 0. The number of hydrogen-bond acceptors (Lipinski definition) is 3. The molecule has 0 aliphatic heterocycles. The van der Waals surface area contributed by atoms with E-state index in [1.807, 2.05) is 12.1 Å². The Morgan fingerprint density at radius 2 is 1.41 bits per heavy atom. The first-order valence-corrected chi connectivity index (χ1v) is 8.62. The molecule has 0 aliphatic rings. The summed E-state index contributed by atoms with van der Waals surface area (Å²) in [4.78, 5) is 0. The molecule has 0 saturated heterocycles. The van der Waals surface area contributed by atoms with Crippen molar-refractivity contribution >= 4 is 12.4 Å². The Bertz CT molecular complexity index is 777. The third-order valence-corrected chi connectivity index (χ3v) is 3.58. The van der Waals surface area contributed by atoms with Gasteiger partial charge >= 0.3 is 6.36 Å². The lowest BCUT2D eigenvalue weighted by atomic mass is 10.1. The molecule has 2 aromatic rings. The van der Waals surface area contributed by atoms with Crippen LogP contribution >= 0.6 is 0 Å². The summed E-state index contributed by atoms with van der Waals surface area (Å²) in [6.07, 6.45) is 5.82. The summed E-state index contributed by atoms with van der Waals surface area (Å²) in [5.41, 5.74) is 2.81. The molecule has 142 valence electrons. The van der Waals surface area contributed by atoms with Crippen molar-refractivity contribution in [3.8, 4) is 5.75 Å². The van der Waals surface area contributed by atoms with Gasteiger partial charge in [-0.3, -0.25) is 0 Å². The maximum Gasteiger partial charge on any atom is 0.573 e. The predicted molar refractivity (Wildman–Crippen MR) is 103 cm³/mol. The van der Waals surface area contributed by atoms with Crippen LogP contribution in [0.15, 0.2) is 70.9 Å². The number of rotatable bonds is 8. The van der Waals surface area contributed by atoms with E-state index in [0.29, 0.717) is 5.56 Å². The quantitative estimate of drug-likeness (QED) is 0.320. The molecule has 2 aromatic carbocycles. The number of benzene rings is 2. The topological polar surface area (TPSA) is 34.0 Å². The summed E-state index contributed by atoms with van der Waals surface area (Å²) in [6, 6.07) is 13.5. The minimum atomic E-state index is -4.69. The van der Waals surface area contributed by atoms with Crippen molar-refractivity contribution in [1.82, 2.24) is 0 Å². The van der Waals surface area contributed by atoms with Gasteiger partial charge in [0.25, 0.3) is 0 Å². The molecular formula is C21H21F3N2O. The summed E-state index contributed by atoms with van der Waals surface area (Å²) in [5.74, 6) is -0.270. The van der Waals surface area contributed by atoms with Crippen LogP contribution in [0.2, 0.25) is 0 Å². The summed E-state index contributed by atoms with van der Waals surface area (Å²) < 4.78 is 40.1. The van der Waals surface area contributed by atoms with Crippen LogP contribution in [-0.4, -0.2) is 18.8 Å². The molecule has 0 aromatic heterocycles. The zero-order valence-corrected chi connectivity index (χ0v) is 15.0. The largest absolute Gasteiger partial charge is 0.573 e. The molecule has 0 saturated carbocycles. The SMILES string of the molecule is CC/C=C/CCc1ccc(/C=N/N=C\c2ccc(OC(F)(F)F)cc2)cc1. The van der Waals surface area contributed by atoms with Gasteiger partial charge in [0.15, 0.2) is 0 Å². The van der Waals surface area contributed by atoms with Crippen LogP contribution in [0.5, 0.6) is 5.75 Å². The standard InChI is InChI=1S/C21H21F3N2O/c1-2-3-4-5-6-17-7-9-18(10-8-17)15-25-26-16-19-11-13-20(14-12-19)27-21(22,23)24/h3-4,7-16H,2,5-6H2,1H3/b4-3+,25-15+,26-16-. The van der Waals surface area contributed by atoms with Crippen LogP contribution in [0.4, 0.5) is 13.2 Å². The Morgan fingerprint density at radius 3 is 1.93 bits per heavy atom. The minimum absolute atomic E-state index is 0.270. The van der Waals surface area contributed by atoms with Crippen molar-refractivity contribution < 1.29 is 17.9 Å². The smallest absolute Gasteiger partial charge is 0.406 e. The van der Waals surface area contributed by atoms with Gasteiger partial charge < -0.3 is 4.74 Å². The fourth-order valence-corrected chi connectivity index (χ4v) is 2.26. The van der Waals surface area contributed by atoms with Crippen molar-refractivity contribution in [1.29, 1.82) is 0 Å². The third kappa shape index (κ3) is 8.35. The lowest BCUT2D eigenvalue weighted by Gasteiger charge is -2.08. The first kappa shape index (κ1) is 20.4. The molecule has 27 heavy (non-hydrogen) atoms. The van der Waals surface area contributed by atoms with E-state index in [1.165, 1.54) is 36.0 Å². The average Bonchev–Trinajstić information content (AvgIpc) is 2.63. The fraction of sp³-hybridized carbons (Fsp3) is 0.238. The molecular weight excluding hydrogens is 353 g/mol. The number of nitrogens with zero attached hydrogens (tertiary/aromatic N) is 2. The third-order valence-electron chi connectivity index (χ3n) is 3.58. The molecule has 6 heteroatoms. The minimum Gasteiger partial charge on any atom is -0.406 e. The molecule has 0 bridgehead atoms. The molecule has 0 aliphatic carbocycles. The Morgan fingerprint density at radius 1 is 0.852 bits per heavy atom. The maximum absolute atomic E-state index is 12.1. The highest BCUT2D eigenvalue weighted by Crippen LogP contribution is 2.22. The molecule has 3 nitrogen and oxygen atoms in total. The van der Waals surface area contributed by atoms with Gasteiger partial charge in [0.1, 0.15) is 5.75 Å². The molecule has 0 fully saturated rings. The van der Waals surface area contributed by atoms with Crippen LogP contribution in [-0.2, 0) is 6.42 Å². The van der Waals surface area contributed by atoms with Crippen molar-refractivity contribution in [2.24, 2.45) is 10.2 Å². The van der Waals surface area contributed by atoms with Crippen molar-refractivity contribution in [2.75, 3.05) is 0 Å². The number of ether oxygens (including phenoxy) is 1. The maximum atomic E-state index is 12.1. The first-order valence-electron chi connectivity index (χ1n) is 8.62. The van der Waals surface area contributed by atoms with Crippen LogP contribution in [0, 0.1) is 0 Å². The van der Waals surface area contributed by atoms with E-state index in [9.17, 15) is 13.2 Å². The van der Waals surface area contributed by atoms with E-state index in [-0.39, 0.29) is 5.75 Å². The number of allylic oxidation sites excluding steroid dienone is 2. The molecule has 0 unspecified atom stereocenters. The molecule has 0 heterocycles. The number of halogens is 3. The molecule has 2 rings (SSSR count). The Hall–Kier alpha value is -2.89. The van der Waals surface area contributed by atoms with Crippen molar-refractivity contribution in [3.05, 3.63) is 77.4 Å². The van der Waals surface area contributed by atoms with Gasteiger partial charge in [-0.2, -0.15) is 10.2 Å². The Labute approximate surface area is 156 Å². The highest BCUT2D eigenvalue weighted by Gasteiger charge is 2.30. The van der Waals surface area contributed by atoms with E-state index in [4.69, 9.17) is 0 Å². The number of alkyl halides is 3. The van der Waals surface area contributed by atoms with Gasteiger partial charge in [0, 0.05) is 0 Å². The van der Waals surface area contributed by atoms with Gasteiger partial charge in [0.05, 0.1) is 12.4 Å². The molecule has 0 radical (unpaired) electrons. The van der Waals surface area contributed by atoms with E-state index >= 15 is 0 Å². The van der Waals surface area contributed by atoms with Crippen LogP contribution in [0.25, 0.3) is 0 Å². The van der Waals surface area contributed by atoms with E-state index in [1.54, 1.807) is 6.21 Å². The molecule has 0 N–H and O–H groups in total. The summed E-state index contributed by atoms with van der Waals surface area (Å²) in [5, 5.41) is 7.86. The van der Waals surface area contributed by atoms with Gasteiger partial charge in [-0.15, -0.1) is 13.2 Å². The van der Waals surface area contributed by atoms with Crippen LogP contribution in [0.3, 0.4) is 0 Å². The monoisotopic (exact) mass is 374 g/mol. The molecule has 0 amide bonds. The van der Waals surface area contributed by atoms with Crippen molar-refractivity contribution in [3.63, 3.8) is 0 Å². The first-order chi connectivity index (χ1) is 13.0. The van der Waals surface area contributed by atoms with Gasteiger partial charge in [-0.1, -0.05) is 43.3 Å². The highest BCUT2D eigenvalue weighted by atomic mass is 19.4. The van der Waals surface area contributed by atoms with Gasteiger partial charge in [-0.25, -0.2) is 0 Å². The Kier molecular flexibility index (Phi) is 7.79. The van der Waals surface area contributed by atoms with Crippen molar-refractivity contribution in [2.45, 2.75) is 32.5 Å². The van der Waals surface area contributed by atoms with Gasteiger partial charge in [-0.05, 0) is 60.2 Å². The second-order valence-electron chi connectivity index (χ2n) is 5.77. The Balaban J connectivity index is 1.84. The van der Waals surface area contributed by atoms with Gasteiger partial charge in [0.2, 0.25) is 0 Å². The summed E-state index contributed by atoms with van der Waals surface area (Å²) >= 11 is 0. The normalized spacial score (nSPS) is 12.4. The summed E-state index contributed by atoms with van der Waals surface area (Å²) in [6.45, 7) is 2.12. The van der Waals surface area contributed by atoms with E-state index in [0.717, 1.165) is 24.8 Å². The van der Waals surface area contributed by atoms with Crippen LogP contribution in [0.1, 0.15) is 36.5 Å². The lowest BCUT2D eigenvalue weighted by Crippen LogP contribution is -2.16. The average molecular weight is 374 g/mol. The second-order valence-corrected chi connectivity index (χ2v) is 5.77. The zero-order valence-electron chi connectivity index (χ0n) is 15.0. The second kappa shape index (κ2) is 10.3. The molecule has 0 spiro atoms. The van der Waals surface area contributed by atoms with E-state index < -0.39 is 6.36 Å². The number of aryl methyl sites for hydroxylation is 1. The number of hydrogen-bond donors (Lipinski definition) is 0. The predicted octanol–water partition coefficient (Wildman–Crippen LogP) is 5.94. The van der Waals surface area contributed by atoms with Crippen LogP contribution < -0.4 is 4.74 Å². The highest BCUT2D eigenvalue weighted by molar-refractivity contribution is 5.82. The molecule has 0 atom stereocenters. The lowest BCUT2D eigenvalue weighted by molar-refractivity contribution is -0.274. The fourth-order valence-electron chi connectivity index (χ4n) is 2.26.